The van der Waals surface area contributed by atoms with E-state index in [0.717, 1.165) is 22.7 Å². The molecule has 6 nitrogen and oxygen atoms in total. The summed E-state index contributed by atoms with van der Waals surface area (Å²) in [4.78, 5) is 14.7. The van der Waals surface area contributed by atoms with E-state index in [9.17, 15) is 4.79 Å². The van der Waals surface area contributed by atoms with Gasteiger partial charge in [0, 0.05) is 31.6 Å². The average Bonchev–Trinajstić information content (AvgIpc) is 3.09. The Labute approximate surface area is 158 Å². The molecule has 0 atom stereocenters. The van der Waals surface area contributed by atoms with Crippen LogP contribution < -0.4 is 4.74 Å². The highest BCUT2D eigenvalue weighted by Gasteiger charge is 2.29. The van der Waals surface area contributed by atoms with Gasteiger partial charge in [-0.2, -0.15) is 0 Å². The van der Waals surface area contributed by atoms with E-state index < -0.39 is 0 Å². The van der Waals surface area contributed by atoms with E-state index in [1.54, 1.807) is 7.11 Å². The summed E-state index contributed by atoms with van der Waals surface area (Å²) in [6, 6.07) is 16.0. The largest absolute Gasteiger partial charge is 0.496 e. The summed E-state index contributed by atoms with van der Waals surface area (Å²) in [7, 11) is 1.66. The van der Waals surface area contributed by atoms with Crippen LogP contribution in [0.3, 0.4) is 0 Å². The van der Waals surface area contributed by atoms with Gasteiger partial charge in [0.2, 0.25) is 5.82 Å². The second kappa shape index (κ2) is 7.23. The third-order valence-electron chi connectivity index (χ3n) is 5.06. The molecular weight excluding hydrogens is 340 g/mol. The first kappa shape index (κ1) is 17.3. The number of ether oxygens (including phenoxy) is 1. The van der Waals surface area contributed by atoms with Crippen molar-refractivity contribution in [3.8, 4) is 5.75 Å². The Hall–Kier alpha value is -3.15. The SMILES string of the molecule is COc1ccccc1Cc1nnc2n1CCN(Cc1ccccc1C)C2=O. The molecule has 0 bridgehead atoms. The Kier molecular flexibility index (Phi) is 4.62. The highest BCUT2D eigenvalue weighted by molar-refractivity contribution is 5.91. The zero-order chi connectivity index (χ0) is 18.8. The van der Waals surface area contributed by atoms with E-state index >= 15 is 0 Å². The Balaban J connectivity index is 1.56. The molecule has 0 radical (unpaired) electrons. The summed E-state index contributed by atoms with van der Waals surface area (Å²) in [5.41, 5.74) is 3.38. The van der Waals surface area contributed by atoms with Gasteiger partial charge < -0.3 is 14.2 Å². The Morgan fingerprint density at radius 3 is 2.52 bits per heavy atom. The molecule has 1 amide bonds. The lowest BCUT2D eigenvalue weighted by Crippen LogP contribution is -2.40. The summed E-state index contributed by atoms with van der Waals surface area (Å²) in [6.07, 6.45) is 0.585. The number of benzene rings is 2. The van der Waals surface area contributed by atoms with Gasteiger partial charge in [-0.3, -0.25) is 4.79 Å². The lowest BCUT2D eigenvalue weighted by Gasteiger charge is -2.28. The number of hydrogen-bond donors (Lipinski definition) is 0. The number of carbonyl (C=O) groups is 1. The van der Waals surface area contributed by atoms with Crippen molar-refractivity contribution in [1.29, 1.82) is 0 Å². The first-order valence-electron chi connectivity index (χ1n) is 9.05. The van der Waals surface area contributed by atoms with E-state index in [1.807, 2.05) is 45.9 Å². The molecule has 0 spiro atoms. The number of fused-ring (bicyclic) bond motifs is 1. The number of carbonyl (C=O) groups excluding carboxylic acids is 1. The fourth-order valence-corrected chi connectivity index (χ4v) is 3.49. The molecule has 3 aromatic rings. The predicted octanol–water partition coefficient (Wildman–Crippen LogP) is 2.84. The van der Waals surface area contributed by atoms with Crippen LogP contribution in [0.25, 0.3) is 0 Å². The molecule has 4 rings (SSSR count). The van der Waals surface area contributed by atoms with Gasteiger partial charge in [-0.15, -0.1) is 10.2 Å². The predicted molar refractivity (Wildman–Crippen MR) is 102 cm³/mol. The van der Waals surface area contributed by atoms with Gasteiger partial charge in [-0.1, -0.05) is 42.5 Å². The summed E-state index contributed by atoms with van der Waals surface area (Å²) >= 11 is 0. The summed E-state index contributed by atoms with van der Waals surface area (Å²) < 4.78 is 7.35. The van der Waals surface area contributed by atoms with Crippen molar-refractivity contribution in [1.82, 2.24) is 19.7 Å². The van der Waals surface area contributed by atoms with Crippen LogP contribution >= 0.6 is 0 Å². The van der Waals surface area contributed by atoms with Crippen molar-refractivity contribution in [2.75, 3.05) is 13.7 Å². The van der Waals surface area contributed by atoms with Crippen LogP contribution in [-0.4, -0.2) is 39.2 Å². The van der Waals surface area contributed by atoms with Gasteiger partial charge in [-0.25, -0.2) is 0 Å². The summed E-state index contributed by atoms with van der Waals surface area (Å²) in [5, 5.41) is 8.47. The quantitative estimate of drug-likeness (QED) is 0.700. The average molecular weight is 362 g/mol. The molecule has 138 valence electrons. The molecule has 6 heteroatoms. The normalized spacial score (nSPS) is 13.6. The maximum atomic E-state index is 12.9. The van der Waals surface area contributed by atoms with Crippen LogP contribution in [-0.2, 0) is 19.5 Å². The Bertz CT molecular complexity index is 980. The van der Waals surface area contributed by atoms with Crippen LogP contribution in [0.2, 0.25) is 0 Å². The molecular formula is C21H22N4O2. The first-order chi connectivity index (χ1) is 13.2. The Morgan fingerprint density at radius 1 is 1.00 bits per heavy atom. The fraction of sp³-hybridized carbons (Fsp3) is 0.286. The zero-order valence-electron chi connectivity index (χ0n) is 15.6. The third kappa shape index (κ3) is 3.30. The van der Waals surface area contributed by atoms with Crippen LogP contribution in [0.1, 0.15) is 33.1 Å². The molecule has 1 aromatic heterocycles. The number of methoxy groups -OCH3 is 1. The number of aromatic nitrogens is 3. The van der Waals surface area contributed by atoms with Crippen molar-refractivity contribution in [2.24, 2.45) is 0 Å². The molecule has 27 heavy (non-hydrogen) atoms. The summed E-state index contributed by atoms with van der Waals surface area (Å²) in [5.74, 6) is 1.96. The highest BCUT2D eigenvalue weighted by atomic mass is 16.5. The minimum absolute atomic E-state index is 0.0664. The molecule has 2 aromatic carbocycles. The topological polar surface area (TPSA) is 60.3 Å². The minimum atomic E-state index is -0.0664. The second-order valence-corrected chi connectivity index (χ2v) is 6.73. The lowest BCUT2D eigenvalue weighted by atomic mass is 10.1. The van der Waals surface area contributed by atoms with Crippen molar-refractivity contribution in [3.63, 3.8) is 0 Å². The highest BCUT2D eigenvalue weighted by Crippen LogP contribution is 2.23. The van der Waals surface area contributed by atoms with Crippen LogP contribution in [0.5, 0.6) is 5.75 Å². The van der Waals surface area contributed by atoms with Gasteiger partial charge in [0.05, 0.1) is 7.11 Å². The maximum absolute atomic E-state index is 12.9. The standard InChI is InChI=1S/C21H22N4O2/c1-15-7-3-4-9-17(15)14-24-11-12-25-19(22-23-20(25)21(24)26)13-16-8-5-6-10-18(16)27-2/h3-10H,11-14H2,1-2H3. The van der Waals surface area contributed by atoms with E-state index in [2.05, 4.69) is 29.3 Å². The van der Waals surface area contributed by atoms with Gasteiger partial charge in [-0.05, 0) is 24.1 Å². The maximum Gasteiger partial charge on any atom is 0.292 e. The zero-order valence-corrected chi connectivity index (χ0v) is 15.6. The van der Waals surface area contributed by atoms with Crippen molar-refractivity contribution in [3.05, 3.63) is 76.9 Å². The number of para-hydroxylation sites is 1. The Morgan fingerprint density at radius 2 is 1.74 bits per heavy atom. The monoisotopic (exact) mass is 362 g/mol. The molecule has 0 aliphatic carbocycles. The second-order valence-electron chi connectivity index (χ2n) is 6.73. The number of rotatable bonds is 5. The lowest BCUT2D eigenvalue weighted by molar-refractivity contribution is 0.0681. The van der Waals surface area contributed by atoms with Crippen LogP contribution in [0.15, 0.2) is 48.5 Å². The molecule has 1 aliphatic heterocycles. The molecule has 0 unspecified atom stereocenters. The molecule has 1 aliphatic rings. The molecule has 0 saturated heterocycles. The van der Waals surface area contributed by atoms with Gasteiger partial charge in [0.25, 0.3) is 5.91 Å². The molecule has 0 N–H and O–H groups in total. The van der Waals surface area contributed by atoms with E-state index in [0.29, 0.717) is 31.9 Å². The number of hydrogen-bond acceptors (Lipinski definition) is 4. The van der Waals surface area contributed by atoms with E-state index in [-0.39, 0.29) is 5.91 Å². The van der Waals surface area contributed by atoms with Crippen LogP contribution in [0.4, 0.5) is 0 Å². The fourth-order valence-electron chi connectivity index (χ4n) is 3.49. The minimum Gasteiger partial charge on any atom is -0.496 e. The molecule has 0 fully saturated rings. The smallest absolute Gasteiger partial charge is 0.292 e. The number of nitrogens with zero attached hydrogens (tertiary/aromatic N) is 4. The first-order valence-corrected chi connectivity index (χ1v) is 9.05. The van der Waals surface area contributed by atoms with E-state index in [4.69, 9.17) is 4.74 Å². The third-order valence-corrected chi connectivity index (χ3v) is 5.06. The molecule has 2 heterocycles. The van der Waals surface area contributed by atoms with Gasteiger partial charge in [0.15, 0.2) is 0 Å². The van der Waals surface area contributed by atoms with Gasteiger partial charge in [0.1, 0.15) is 11.6 Å². The van der Waals surface area contributed by atoms with Crippen molar-refractivity contribution < 1.29 is 9.53 Å². The molecule has 0 saturated carbocycles. The van der Waals surface area contributed by atoms with Gasteiger partial charge >= 0.3 is 0 Å². The number of amides is 1. The summed E-state index contributed by atoms with van der Waals surface area (Å²) in [6.45, 7) is 4.01. The number of aryl methyl sites for hydroxylation is 1. The van der Waals surface area contributed by atoms with Crippen molar-refractivity contribution in [2.45, 2.75) is 26.4 Å². The van der Waals surface area contributed by atoms with E-state index in [1.165, 1.54) is 5.56 Å². The van der Waals surface area contributed by atoms with Crippen LogP contribution in [0, 0.1) is 6.92 Å². The van der Waals surface area contributed by atoms with Crippen molar-refractivity contribution >= 4 is 5.91 Å².